The van der Waals surface area contributed by atoms with E-state index in [0.717, 1.165) is 5.56 Å². The van der Waals surface area contributed by atoms with Crippen LogP contribution in [0.1, 0.15) is 37.8 Å². The van der Waals surface area contributed by atoms with Gasteiger partial charge in [0.2, 0.25) is 10.0 Å². The van der Waals surface area contributed by atoms with E-state index in [1.165, 1.54) is 9.87 Å². The fourth-order valence-corrected chi connectivity index (χ4v) is 3.56. The van der Waals surface area contributed by atoms with E-state index in [0.29, 0.717) is 24.8 Å². The van der Waals surface area contributed by atoms with E-state index in [1.54, 1.807) is 31.3 Å². The molecule has 0 heterocycles. The minimum Gasteiger partial charge on any atom is -0.494 e. The summed E-state index contributed by atoms with van der Waals surface area (Å²) in [5.74, 6) is 1.13. The fourth-order valence-electron chi connectivity index (χ4n) is 2.40. The molecule has 0 fully saturated rings. The molecule has 0 aliphatic carbocycles. The number of ether oxygens (including phenoxy) is 1. The summed E-state index contributed by atoms with van der Waals surface area (Å²) < 4.78 is 32.1. The van der Waals surface area contributed by atoms with Crippen molar-refractivity contribution in [3.8, 4) is 5.75 Å². The van der Waals surface area contributed by atoms with Gasteiger partial charge in [-0.1, -0.05) is 38.1 Å². The van der Waals surface area contributed by atoms with Gasteiger partial charge < -0.3 is 4.74 Å². The molecule has 2 aromatic carbocycles. The molecule has 0 bridgehead atoms. The Hall–Kier alpha value is -1.85. The number of hydrogen-bond acceptors (Lipinski definition) is 3. The lowest BCUT2D eigenvalue weighted by molar-refractivity contribution is 0.340. The van der Waals surface area contributed by atoms with E-state index in [2.05, 4.69) is 26.0 Å². The van der Waals surface area contributed by atoms with Crippen LogP contribution in [0.25, 0.3) is 0 Å². The first-order valence-electron chi connectivity index (χ1n) is 8.12. The molecule has 0 saturated heterocycles. The summed E-state index contributed by atoms with van der Waals surface area (Å²) in [6.07, 6.45) is 0. The highest BCUT2D eigenvalue weighted by Crippen LogP contribution is 2.21. The van der Waals surface area contributed by atoms with Crippen LogP contribution in [0.15, 0.2) is 53.4 Å². The minimum atomic E-state index is -3.52. The summed E-state index contributed by atoms with van der Waals surface area (Å²) in [5.41, 5.74) is 2.21. The molecular weight excluding hydrogens is 322 g/mol. The van der Waals surface area contributed by atoms with Crippen LogP contribution >= 0.6 is 0 Å². The topological polar surface area (TPSA) is 46.6 Å². The van der Waals surface area contributed by atoms with Crippen molar-refractivity contribution in [2.24, 2.45) is 0 Å². The van der Waals surface area contributed by atoms with Crippen LogP contribution < -0.4 is 4.74 Å². The van der Waals surface area contributed by atoms with Crippen molar-refractivity contribution in [3.63, 3.8) is 0 Å². The van der Waals surface area contributed by atoms with E-state index < -0.39 is 10.0 Å². The van der Waals surface area contributed by atoms with E-state index in [4.69, 9.17) is 4.74 Å². The van der Waals surface area contributed by atoms with Gasteiger partial charge in [0.1, 0.15) is 5.75 Å². The zero-order valence-electron chi connectivity index (χ0n) is 14.7. The molecule has 0 unspecified atom stereocenters. The highest BCUT2D eigenvalue weighted by Gasteiger charge is 2.21. The second-order valence-electron chi connectivity index (χ2n) is 6.06. The van der Waals surface area contributed by atoms with Crippen molar-refractivity contribution in [2.45, 2.75) is 38.1 Å². The Morgan fingerprint density at radius 1 is 1.00 bits per heavy atom. The highest BCUT2D eigenvalue weighted by molar-refractivity contribution is 7.89. The standard InChI is InChI=1S/C19H25NO3S/c1-5-23-18-10-12-19(13-11-18)24(21,22)20(4)14-16-6-8-17(9-7-16)15(2)3/h6-13,15H,5,14H2,1-4H3. The predicted molar refractivity (Wildman–Crippen MR) is 96.8 cm³/mol. The molecule has 2 rings (SSSR count). The molecule has 0 spiro atoms. The zero-order valence-corrected chi connectivity index (χ0v) is 15.5. The van der Waals surface area contributed by atoms with Crippen LogP contribution in [0.3, 0.4) is 0 Å². The molecule has 0 aliphatic rings. The van der Waals surface area contributed by atoms with Gasteiger partial charge in [-0.15, -0.1) is 0 Å². The van der Waals surface area contributed by atoms with E-state index >= 15 is 0 Å². The normalized spacial score (nSPS) is 11.9. The average molecular weight is 347 g/mol. The molecule has 130 valence electrons. The van der Waals surface area contributed by atoms with Crippen LogP contribution in [-0.4, -0.2) is 26.4 Å². The minimum absolute atomic E-state index is 0.271. The molecular formula is C19H25NO3S. The molecule has 2 aromatic rings. The molecule has 0 aromatic heterocycles. The average Bonchev–Trinajstić information content (AvgIpc) is 2.56. The first-order valence-corrected chi connectivity index (χ1v) is 9.56. The van der Waals surface area contributed by atoms with Gasteiger partial charge in [-0.05, 0) is 48.2 Å². The maximum atomic E-state index is 12.7. The number of hydrogen-bond donors (Lipinski definition) is 0. The van der Waals surface area contributed by atoms with Gasteiger partial charge in [0.25, 0.3) is 0 Å². The molecule has 0 atom stereocenters. The second-order valence-corrected chi connectivity index (χ2v) is 8.11. The van der Waals surface area contributed by atoms with Gasteiger partial charge in [0.15, 0.2) is 0 Å². The summed E-state index contributed by atoms with van der Waals surface area (Å²) in [6.45, 7) is 7.06. The maximum Gasteiger partial charge on any atom is 0.243 e. The van der Waals surface area contributed by atoms with Gasteiger partial charge in [-0.25, -0.2) is 8.42 Å². The van der Waals surface area contributed by atoms with Crippen LogP contribution in [0.5, 0.6) is 5.75 Å². The molecule has 0 radical (unpaired) electrons. The molecule has 24 heavy (non-hydrogen) atoms. The Balaban J connectivity index is 2.13. The summed E-state index contributed by atoms with van der Waals surface area (Å²) in [4.78, 5) is 0.271. The van der Waals surface area contributed by atoms with Gasteiger partial charge in [0, 0.05) is 13.6 Å². The monoisotopic (exact) mass is 347 g/mol. The third-order valence-electron chi connectivity index (χ3n) is 3.89. The quantitative estimate of drug-likeness (QED) is 0.760. The SMILES string of the molecule is CCOc1ccc(S(=O)(=O)N(C)Cc2ccc(C(C)C)cc2)cc1. The van der Waals surface area contributed by atoms with Gasteiger partial charge >= 0.3 is 0 Å². The van der Waals surface area contributed by atoms with Crippen molar-refractivity contribution in [1.29, 1.82) is 0 Å². The predicted octanol–water partition coefficient (Wildman–Crippen LogP) is 4.03. The Bertz CT molecular complexity index is 750. The summed E-state index contributed by atoms with van der Waals surface area (Å²) in [6, 6.07) is 14.6. The molecule has 4 nitrogen and oxygen atoms in total. The molecule has 5 heteroatoms. The lowest BCUT2D eigenvalue weighted by atomic mass is 10.0. The van der Waals surface area contributed by atoms with E-state index in [9.17, 15) is 8.42 Å². The largest absolute Gasteiger partial charge is 0.494 e. The smallest absolute Gasteiger partial charge is 0.243 e. The van der Waals surface area contributed by atoms with Crippen molar-refractivity contribution < 1.29 is 13.2 Å². The van der Waals surface area contributed by atoms with Gasteiger partial charge in [-0.3, -0.25) is 0 Å². The Labute approximate surface area is 145 Å². The van der Waals surface area contributed by atoms with Gasteiger partial charge in [0.05, 0.1) is 11.5 Å². The van der Waals surface area contributed by atoms with Crippen molar-refractivity contribution in [2.75, 3.05) is 13.7 Å². The van der Waals surface area contributed by atoms with E-state index in [1.807, 2.05) is 19.1 Å². The lowest BCUT2D eigenvalue weighted by Gasteiger charge is -2.18. The zero-order chi connectivity index (χ0) is 17.7. The highest BCUT2D eigenvalue weighted by atomic mass is 32.2. The van der Waals surface area contributed by atoms with Crippen molar-refractivity contribution in [1.82, 2.24) is 4.31 Å². The summed E-state index contributed by atoms with van der Waals surface area (Å²) >= 11 is 0. The lowest BCUT2D eigenvalue weighted by Crippen LogP contribution is -2.26. The van der Waals surface area contributed by atoms with E-state index in [-0.39, 0.29) is 4.90 Å². The van der Waals surface area contributed by atoms with Crippen LogP contribution in [0.2, 0.25) is 0 Å². The van der Waals surface area contributed by atoms with Crippen molar-refractivity contribution in [3.05, 3.63) is 59.7 Å². The molecule has 0 saturated carbocycles. The molecule has 0 aliphatic heterocycles. The third kappa shape index (κ3) is 4.36. The van der Waals surface area contributed by atoms with Crippen LogP contribution in [-0.2, 0) is 16.6 Å². The third-order valence-corrected chi connectivity index (χ3v) is 5.71. The Morgan fingerprint density at radius 2 is 1.58 bits per heavy atom. The number of sulfonamides is 1. The Kier molecular flexibility index (Phi) is 6.02. The first kappa shape index (κ1) is 18.5. The summed E-state index contributed by atoms with van der Waals surface area (Å²) in [7, 11) is -1.92. The number of rotatable bonds is 7. The maximum absolute atomic E-state index is 12.7. The Morgan fingerprint density at radius 3 is 2.08 bits per heavy atom. The first-order chi connectivity index (χ1) is 11.3. The molecule has 0 N–H and O–H groups in total. The van der Waals surface area contributed by atoms with Gasteiger partial charge in [-0.2, -0.15) is 4.31 Å². The fraction of sp³-hybridized carbons (Fsp3) is 0.368. The van der Waals surface area contributed by atoms with Crippen molar-refractivity contribution >= 4 is 10.0 Å². The number of nitrogens with zero attached hydrogens (tertiary/aromatic N) is 1. The van der Waals surface area contributed by atoms with Crippen LogP contribution in [0, 0.1) is 0 Å². The van der Waals surface area contributed by atoms with Crippen LogP contribution in [0.4, 0.5) is 0 Å². The second kappa shape index (κ2) is 7.81. The molecule has 0 amide bonds. The number of benzene rings is 2. The summed E-state index contributed by atoms with van der Waals surface area (Å²) in [5, 5.41) is 0.